The highest BCUT2D eigenvalue weighted by Crippen LogP contribution is 2.20. The van der Waals surface area contributed by atoms with Gasteiger partial charge in [-0.2, -0.15) is 0 Å². The van der Waals surface area contributed by atoms with Crippen LogP contribution >= 0.6 is 0 Å². The first-order valence-corrected chi connectivity index (χ1v) is 7.86. The maximum atomic E-state index is 12.5. The second-order valence-corrected chi connectivity index (χ2v) is 5.89. The van der Waals surface area contributed by atoms with Crippen LogP contribution in [0.25, 0.3) is 10.9 Å². The lowest BCUT2D eigenvalue weighted by molar-refractivity contribution is -0.131. The van der Waals surface area contributed by atoms with Gasteiger partial charge >= 0.3 is 0 Å². The highest BCUT2D eigenvalue weighted by Gasteiger charge is 2.24. The van der Waals surface area contributed by atoms with Crippen molar-refractivity contribution in [1.82, 2.24) is 15.8 Å². The van der Waals surface area contributed by atoms with E-state index in [0.717, 1.165) is 16.5 Å². The zero-order chi connectivity index (χ0) is 18.0. The van der Waals surface area contributed by atoms with Crippen molar-refractivity contribution in [2.75, 3.05) is 0 Å². The van der Waals surface area contributed by atoms with E-state index in [1.54, 1.807) is 31.6 Å². The Hall–Kier alpha value is -3.06. The first kappa shape index (κ1) is 16.8. The fourth-order valence-corrected chi connectivity index (χ4v) is 2.90. The van der Waals surface area contributed by atoms with Gasteiger partial charge in [0.1, 0.15) is 17.6 Å². The van der Waals surface area contributed by atoms with Crippen molar-refractivity contribution in [2.45, 2.75) is 26.3 Å². The molecule has 4 N–H and O–H groups in total. The van der Waals surface area contributed by atoms with Gasteiger partial charge in [-0.15, -0.1) is 0 Å². The average Bonchev–Trinajstić information content (AvgIpc) is 3.16. The summed E-state index contributed by atoms with van der Waals surface area (Å²) in [5.74, 6) is -0.0213. The summed E-state index contributed by atoms with van der Waals surface area (Å²) in [4.78, 5) is 27.6. The molecule has 2 aromatic heterocycles. The molecule has 0 spiro atoms. The second kappa shape index (κ2) is 6.82. The van der Waals surface area contributed by atoms with Crippen LogP contribution in [0.3, 0.4) is 0 Å². The van der Waals surface area contributed by atoms with Gasteiger partial charge in [-0.05, 0) is 31.5 Å². The molecule has 3 rings (SSSR count). The molecule has 0 aliphatic rings. The minimum absolute atomic E-state index is 0.234. The van der Waals surface area contributed by atoms with Crippen LogP contribution in [0.5, 0.6) is 0 Å². The molecule has 7 heteroatoms. The molecule has 0 saturated heterocycles. The Bertz CT molecular complexity index is 925. The average molecular weight is 341 g/mol. The van der Waals surface area contributed by atoms with Crippen LogP contribution in [0.15, 0.2) is 40.9 Å². The van der Waals surface area contributed by atoms with Gasteiger partial charge < -0.3 is 14.7 Å². The lowest BCUT2D eigenvalue weighted by Crippen LogP contribution is -2.47. The molecule has 130 valence electrons. The predicted molar refractivity (Wildman–Crippen MR) is 91.4 cm³/mol. The minimum Gasteiger partial charge on any atom is -0.466 e. The summed E-state index contributed by atoms with van der Waals surface area (Å²) in [5.41, 5.74) is 3.79. The van der Waals surface area contributed by atoms with Gasteiger partial charge in [-0.3, -0.25) is 14.8 Å². The third kappa shape index (κ3) is 3.41. The van der Waals surface area contributed by atoms with Crippen LogP contribution in [-0.2, 0) is 11.2 Å². The van der Waals surface area contributed by atoms with E-state index < -0.39 is 17.9 Å². The summed E-state index contributed by atoms with van der Waals surface area (Å²) in [6, 6.07) is 8.36. The molecule has 0 saturated carbocycles. The highest BCUT2D eigenvalue weighted by molar-refractivity contribution is 5.98. The van der Waals surface area contributed by atoms with E-state index in [2.05, 4.69) is 10.3 Å². The number of rotatable bonds is 5. The SMILES string of the molecule is Cc1cc(C(=O)NC(Cc2c[nH]c3ccccc23)C(=O)NO)c(C)o1. The number of para-hydroxylation sites is 1. The Morgan fingerprint density at radius 2 is 2.04 bits per heavy atom. The summed E-state index contributed by atoms with van der Waals surface area (Å²) in [6.45, 7) is 3.43. The molecule has 7 nitrogen and oxygen atoms in total. The molecule has 0 radical (unpaired) electrons. The minimum atomic E-state index is -0.925. The molecule has 1 atom stereocenters. The van der Waals surface area contributed by atoms with Gasteiger partial charge in [0.05, 0.1) is 5.56 Å². The molecule has 0 aliphatic heterocycles. The third-order valence-electron chi connectivity index (χ3n) is 4.12. The largest absolute Gasteiger partial charge is 0.466 e. The van der Waals surface area contributed by atoms with Crippen molar-refractivity contribution in [1.29, 1.82) is 0 Å². The summed E-state index contributed by atoms with van der Waals surface area (Å²) in [6.07, 6.45) is 2.03. The molecule has 2 amide bonds. The van der Waals surface area contributed by atoms with Gasteiger partial charge in [0, 0.05) is 23.5 Å². The number of hydrogen-bond acceptors (Lipinski definition) is 4. The molecule has 1 aromatic carbocycles. The number of amides is 2. The first-order chi connectivity index (χ1) is 12.0. The number of H-pyrrole nitrogens is 1. The lowest BCUT2D eigenvalue weighted by atomic mass is 10.0. The standard InChI is InChI=1S/C18H19N3O4/c1-10-7-14(11(2)25-10)17(22)20-16(18(23)21-24)8-12-9-19-15-6-4-3-5-13(12)15/h3-7,9,16,19,24H,8H2,1-2H3,(H,20,22)(H,21,23). The van der Waals surface area contributed by atoms with Crippen molar-refractivity contribution in [3.63, 3.8) is 0 Å². The Morgan fingerprint density at radius 1 is 1.28 bits per heavy atom. The van der Waals surface area contributed by atoms with Crippen LogP contribution in [0.4, 0.5) is 0 Å². The van der Waals surface area contributed by atoms with E-state index in [4.69, 9.17) is 9.62 Å². The maximum Gasteiger partial charge on any atom is 0.266 e. The fraction of sp³-hybridized carbons (Fsp3) is 0.222. The van der Waals surface area contributed by atoms with Crippen molar-refractivity contribution in [3.8, 4) is 0 Å². The lowest BCUT2D eigenvalue weighted by Gasteiger charge is -2.16. The summed E-state index contributed by atoms with van der Waals surface area (Å²) >= 11 is 0. The number of benzene rings is 1. The fourth-order valence-electron chi connectivity index (χ4n) is 2.90. The summed E-state index contributed by atoms with van der Waals surface area (Å²) in [7, 11) is 0. The van der Waals surface area contributed by atoms with E-state index in [1.807, 2.05) is 24.3 Å². The van der Waals surface area contributed by atoms with Crippen LogP contribution in [-0.4, -0.2) is 28.0 Å². The molecule has 0 fully saturated rings. The van der Waals surface area contributed by atoms with E-state index in [1.165, 1.54) is 0 Å². The maximum absolute atomic E-state index is 12.5. The van der Waals surface area contributed by atoms with Gasteiger partial charge in [0.25, 0.3) is 11.8 Å². The number of aromatic amines is 1. The summed E-state index contributed by atoms with van der Waals surface area (Å²) < 4.78 is 5.35. The highest BCUT2D eigenvalue weighted by atomic mass is 16.5. The molecule has 1 unspecified atom stereocenters. The van der Waals surface area contributed by atoms with E-state index >= 15 is 0 Å². The zero-order valence-corrected chi connectivity index (χ0v) is 13.9. The number of hydroxylamine groups is 1. The van der Waals surface area contributed by atoms with E-state index in [9.17, 15) is 9.59 Å². The summed E-state index contributed by atoms with van der Waals surface area (Å²) in [5, 5.41) is 12.6. The second-order valence-electron chi connectivity index (χ2n) is 5.89. The number of nitrogens with one attached hydrogen (secondary N) is 3. The van der Waals surface area contributed by atoms with Crippen LogP contribution in [0, 0.1) is 13.8 Å². The third-order valence-corrected chi connectivity index (χ3v) is 4.12. The van der Waals surface area contributed by atoms with E-state index in [0.29, 0.717) is 17.1 Å². The monoisotopic (exact) mass is 341 g/mol. The number of fused-ring (bicyclic) bond motifs is 1. The van der Waals surface area contributed by atoms with Crippen LogP contribution < -0.4 is 10.8 Å². The zero-order valence-electron chi connectivity index (χ0n) is 13.9. The number of furan rings is 1. The van der Waals surface area contributed by atoms with Crippen LogP contribution in [0.1, 0.15) is 27.4 Å². The van der Waals surface area contributed by atoms with Gasteiger partial charge in [-0.1, -0.05) is 18.2 Å². The number of carbonyl (C=O) groups is 2. The van der Waals surface area contributed by atoms with Gasteiger partial charge in [0.2, 0.25) is 0 Å². The molecular formula is C18H19N3O4. The first-order valence-electron chi connectivity index (χ1n) is 7.86. The topological polar surface area (TPSA) is 107 Å². The number of aromatic nitrogens is 1. The number of carbonyl (C=O) groups excluding carboxylic acids is 2. The van der Waals surface area contributed by atoms with Gasteiger partial charge in [0.15, 0.2) is 0 Å². The smallest absolute Gasteiger partial charge is 0.266 e. The normalized spacial score (nSPS) is 12.1. The Balaban J connectivity index is 1.84. The number of aryl methyl sites for hydroxylation is 2. The molecule has 3 aromatic rings. The van der Waals surface area contributed by atoms with Crippen molar-refractivity contribution < 1.29 is 19.2 Å². The molecule has 2 heterocycles. The van der Waals surface area contributed by atoms with Crippen molar-refractivity contribution in [3.05, 3.63) is 59.2 Å². The molecule has 0 bridgehead atoms. The van der Waals surface area contributed by atoms with Crippen molar-refractivity contribution in [2.24, 2.45) is 0 Å². The Labute approximate surface area is 144 Å². The Kier molecular flexibility index (Phi) is 4.58. The van der Waals surface area contributed by atoms with Gasteiger partial charge in [-0.25, -0.2) is 5.48 Å². The molecule has 25 heavy (non-hydrogen) atoms. The molecular weight excluding hydrogens is 322 g/mol. The van der Waals surface area contributed by atoms with Crippen LogP contribution in [0.2, 0.25) is 0 Å². The van der Waals surface area contributed by atoms with Crippen molar-refractivity contribution >= 4 is 22.7 Å². The molecule has 0 aliphatic carbocycles. The predicted octanol–water partition coefficient (Wildman–Crippen LogP) is 2.22. The Morgan fingerprint density at radius 3 is 2.72 bits per heavy atom. The van der Waals surface area contributed by atoms with E-state index in [-0.39, 0.29) is 6.42 Å². The number of hydrogen-bond donors (Lipinski definition) is 4. The quantitative estimate of drug-likeness (QED) is 0.421.